The Kier molecular flexibility index (Phi) is 5.84. The molecule has 1 N–H and O–H groups in total. The van der Waals surface area contributed by atoms with Crippen molar-refractivity contribution in [3.8, 4) is 0 Å². The van der Waals surface area contributed by atoms with Gasteiger partial charge in [0, 0.05) is 11.8 Å². The summed E-state index contributed by atoms with van der Waals surface area (Å²) in [5, 5.41) is 3.19. The first-order valence-electron chi connectivity index (χ1n) is 5.77. The standard InChI is InChI=1S/C12H21NOS/c1-3-4-9-15-10(2)12(14)13-11-7-5-6-8-11/h3-4,10-11H,5-9H2,1-2H3,(H,13,14). The van der Waals surface area contributed by atoms with Crippen LogP contribution in [0.25, 0.3) is 0 Å². The van der Waals surface area contributed by atoms with Crippen molar-refractivity contribution in [2.45, 2.75) is 50.8 Å². The Hall–Kier alpha value is -0.440. The molecule has 1 atom stereocenters. The number of amides is 1. The molecule has 0 aliphatic heterocycles. The van der Waals surface area contributed by atoms with Gasteiger partial charge in [-0.25, -0.2) is 0 Å². The molecule has 1 saturated carbocycles. The van der Waals surface area contributed by atoms with Gasteiger partial charge in [0.2, 0.25) is 5.91 Å². The van der Waals surface area contributed by atoms with Crippen LogP contribution in [0.1, 0.15) is 39.5 Å². The molecule has 1 unspecified atom stereocenters. The smallest absolute Gasteiger partial charge is 0.233 e. The zero-order valence-corrected chi connectivity index (χ0v) is 10.5. The summed E-state index contributed by atoms with van der Waals surface area (Å²) >= 11 is 1.69. The van der Waals surface area contributed by atoms with Gasteiger partial charge in [-0.1, -0.05) is 25.0 Å². The fourth-order valence-electron chi connectivity index (χ4n) is 1.76. The van der Waals surface area contributed by atoms with Crippen LogP contribution in [0.2, 0.25) is 0 Å². The Bertz CT molecular complexity index is 222. The average molecular weight is 227 g/mol. The SMILES string of the molecule is CC=CCSC(C)C(=O)NC1CCCC1. The normalized spacial score (nSPS) is 19.6. The third-order valence-corrected chi connectivity index (χ3v) is 3.85. The summed E-state index contributed by atoms with van der Waals surface area (Å²) in [6.45, 7) is 3.99. The van der Waals surface area contributed by atoms with Crippen molar-refractivity contribution in [3.63, 3.8) is 0 Å². The Balaban J connectivity index is 2.19. The first-order valence-corrected chi connectivity index (χ1v) is 6.82. The highest BCUT2D eigenvalue weighted by Crippen LogP contribution is 2.19. The van der Waals surface area contributed by atoms with Gasteiger partial charge in [-0.3, -0.25) is 4.79 Å². The molecule has 0 aromatic carbocycles. The number of carbonyl (C=O) groups is 1. The van der Waals surface area contributed by atoms with Crippen LogP contribution in [0, 0.1) is 0 Å². The minimum Gasteiger partial charge on any atom is -0.352 e. The maximum atomic E-state index is 11.7. The number of carbonyl (C=O) groups excluding carboxylic acids is 1. The van der Waals surface area contributed by atoms with Crippen LogP contribution in [0.5, 0.6) is 0 Å². The van der Waals surface area contributed by atoms with Gasteiger partial charge in [-0.15, -0.1) is 11.8 Å². The Morgan fingerprint density at radius 1 is 1.53 bits per heavy atom. The predicted molar refractivity (Wildman–Crippen MR) is 67.1 cm³/mol. The highest BCUT2D eigenvalue weighted by molar-refractivity contribution is 8.00. The van der Waals surface area contributed by atoms with Gasteiger partial charge in [-0.05, 0) is 26.7 Å². The van der Waals surface area contributed by atoms with Crippen LogP contribution in [-0.2, 0) is 4.79 Å². The number of hydrogen-bond donors (Lipinski definition) is 1. The number of thioether (sulfide) groups is 1. The summed E-state index contributed by atoms with van der Waals surface area (Å²) in [6, 6.07) is 0.447. The Labute approximate surface area is 96.9 Å². The van der Waals surface area contributed by atoms with Crippen LogP contribution in [0.3, 0.4) is 0 Å². The fourth-order valence-corrected chi connectivity index (χ4v) is 2.57. The zero-order chi connectivity index (χ0) is 11.1. The van der Waals surface area contributed by atoms with Crippen LogP contribution >= 0.6 is 11.8 Å². The molecule has 0 saturated heterocycles. The van der Waals surface area contributed by atoms with Gasteiger partial charge in [0.05, 0.1) is 5.25 Å². The molecular weight excluding hydrogens is 206 g/mol. The summed E-state index contributed by atoms with van der Waals surface area (Å²) in [6.07, 6.45) is 8.98. The summed E-state index contributed by atoms with van der Waals surface area (Å²) < 4.78 is 0. The molecule has 86 valence electrons. The molecule has 0 radical (unpaired) electrons. The van der Waals surface area contributed by atoms with Gasteiger partial charge in [0.15, 0.2) is 0 Å². The molecule has 0 heterocycles. The predicted octanol–water partition coefficient (Wildman–Crippen LogP) is 2.74. The molecule has 3 heteroatoms. The second-order valence-electron chi connectivity index (χ2n) is 4.03. The van der Waals surface area contributed by atoms with Gasteiger partial charge in [-0.2, -0.15) is 0 Å². The van der Waals surface area contributed by atoms with E-state index in [2.05, 4.69) is 11.4 Å². The molecule has 1 rings (SSSR count). The van der Waals surface area contributed by atoms with Crippen LogP contribution in [0.15, 0.2) is 12.2 Å². The number of nitrogens with one attached hydrogen (secondary N) is 1. The minimum absolute atomic E-state index is 0.0711. The number of allylic oxidation sites excluding steroid dienone is 1. The quantitative estimate of drug-likeness (QED) is 0.732. The van der Waals surface area contributed by atoms with E-state index < -0.39 is 0 Å². The van der Waals surface area contributed by atoms with Gasteiger partial charge < -0.3 is 5.32 Å². The molecule has 0 aromatic heterocycles. The van der Waals surface area contributed by atoms with Crippen LogP contribution in [-0.4, -0.2) is 23.0 Å². The average Bonchev–Trinajstić information content (AvgIpc) is 2.70. The van der Waals surface area contributed by atoms with E-state index in [1.54, 1.807) is 11.8 Å². The van der Waals surface area contributed by atoms with E-state index >= 15 is 0 Å². The molecule has 1 aliphatic rings. The van der Waals surface area contributed by atoms with Crippen molar-refractivity contribution < 1.29 is 4.79 Å². The van der Waals surface area contributed by atoms with E-state index in [9.17, 15) is 4.79 Å². The van der Waals surface area contributed by atoms with E-state index in [1.807, 2.05) is 19.9 Å². The first-order chi connectivity index (χ1) is 7.24. The molecule has 1 aliphatic carbocycles. The molecule has 15 heavy (non-hydrogen) atoms. The molecule has 1 fully saturated rings. The lowest BCUT2D eigenvalue weighted by atomic mass is 10.2. The fraction of sp³-hybridized carbons (Fsp3) is 0.750. The van der Waals surface area contributed by atoms with Crippen molar-refractivity contribution in [2.24, 2.45) is 0 Å². The van der Waals surface area contributed by atoms with Crippen molar-refractivity contribution in [1.29, 1.82) is 0 Å². The topological polar surface area (TPSA) is 29.1 Å². The van der Waals surface area contributed by atoms with E-state index in [1.165, 1.54) is 12.8 Å². The van der Waals surface area contributed by atoms with Crippen molar-refractivity contribution in [3.05, 3.63) is 12.2 Å². The third kappa shape index (κ3) is 4.74. The summed E-state index contributed by atoms with van der Waals surface area (Å²) in [5.41, 5.74) is 0. The number of rotatable bonds is 5. The zero-order valence-electron chi connectivity index (χ0n) is 9.66. The monoisotopic (exact) mass is 227 g/mol. The lowest BCUT2D eigenvalue weighted by molar-refractivity contribution is -0.120. The molecule has 0 spiro atoms. The summed E-state index contributed by atoms with van der Waals surface area (Å²) in [4.78, 5) is 11.7. The molecule has 0 bridgehead atoms. The Morgan fingerprint density at radius 3 is 2.80 bits per heavy atom. The van der Waals surface area contributed by atoms with E-state index in [0.29, 0.717) is 6.04 Å². The highest BCUT2D eigenvalue weighted by Gasteiger charge is 2.20. The third-order valence-electron chi connectivity index (χ3n) is 2.75. The van der Waals surface area contributed by atoms with Crippen molar-refractivity contribution >= 4 is 17.7 Å². The summed E-state index contributed by atoms with van der Waals surface area (Å²) in [7, 11) is 0. The van der Waals surface area contributed by atoms with Gasteiger partial charge >= 0.3 is 0 Å². The molecule has 1 amide bonds. The van der Waals surface area contributed by atoms with Gasteiger partial charge in [0.1, 0.15) is 0 Å². The molecular formula is C12H21NOS. The molecule has 2 nitrogen and oxygen atoms in total. The van der Waals surface area contributed by atoms with Gasteiger partial charge in [0.25, 0.3) is 0 Å². The maximum absolute atomic E-state index is 11.7. The van der Waals surface area contributed by atoms with Crippen LogP contribution in [0.4, 0.5) is 0 Å². The first kappa shape index (κ1) is 12.6. The maximum Gasteiger partial charge on any atom is 0.233 e. The summed E-state index contributed by atoms with van der Waals surface area (Å²) in [5.74, 6) is 1.13. The lowest BCUT2D eigenvalue weighted by Gasteiger charge is -2.15. The largest absolute Gasteiger partial charge is 0.352 e. The molecule has 0 aromatic rings. The van der Waals surface area contributed by atoms with E-state index in [4.69, 9.17) is 0 Å². The second kappa shape index (κ2) is 6.94. The lowest BCUT2D eigenvalue weighted by Crippen LogP contribution is -2.37. The van der Waals surface area contributed by atoms with E-state index in [-0.39, 0.29) is 11.2 Å². The second-order valence-corrected chi connectivity index (χ2v) is 5.41. The number of hydrogen-bond acceptors (Lipinski definition) is 2. The van der Waals surface area contributed by atoms with Crippen LogP contribution < -0.4 is 5.32 Å². The minimum atomic E-state index is 0.0711. The van der Waals surface area contributed by atoms with Crippen molar-refractivity contribution in [1.82, 2.24) is 5.32 Å². The Morgan fingerprint density at radius 2 is 2.20 bits per heavy atom. The van der Waals surface area contributed by atoms with Crippen molar-refractivity contribution in [2.75, 3.05) is 5.75 Å². The van der Waals surface area contributed by atoms with E-state index in [0.717, 1.165) is 18.6 Å². The highest BCUT2D eigenvalue weighted by atomic mass is 32.2.